The molecular formula is C23H31N7O3S. The smallest absolute Gasteiger partial charge is 0.330 e. The average Bonchev–Trinajstić information content (AvgIpc) is 3.15. The van der Waals surface area contributed by atoms with Crippen LogP contribution in [-0.2, 0) is 18.4 Å². The highest BCUT2D eigenvalue weighted by Crippen LogP contribution is 2.23. The van der Waals surface area contributed by atoms with Crippen molar-refractivity contribution in [1.82, 2.24) is 24.3 Å². The predicted molar refractivity (Wildman–Crippen MR) is 134 cm³/mol. The maximum Gasteiger partial charge on any atom is 0.330 e. The second-order valence-corrected chi connectivity index (χ2v) is 9.75. The van der Waals surface area contributed by atoms with Crippen LogP contribution in [0.4, 0.5) is 11.5 Å². The molecule has 1 aromatic carbocycles. The highest BCUT2D eigenvalue weighted by Gasteiger charge is 2.26. The zero-order valence-corrected chi connectivity index (χ0v) is 20.9. The van der Waals surface area contributed by atoms with Crippen molar-refractivity contribution >= 4 is 29.2 Å². The van der Waals surface area contributed by atoms with E-state index in [9.17, 15) is 14.4 Å². The van der Waals surface area contributed by atoms with Crippen molar-refractivity contribution in [3.8, 4) is 0 Å². The summed E-state index contributed by atoms with van der Waals surface area (Å²) in [6.07, 6.45) is 0. The third-order valence-corrected chi connectivity index (χ3v) is 6.23. The quantitative estimate of drug-likeness (QED) is 0.444. The normalized spacial score (nSPS) is 11.4. The fourth-order valence-corrected chi connectivity index (χ4v) is 4.40. The van der Waals surface area contributed by atoms with Crippen LogP contribution < -0.4 is 21.9 Å². The molecule has 2 heterocycles. The van der Waals surface area contributed by atoms with Gasteiger partial charge >= 0.3 is 5.69 Å². The molecule has 3 aromatic rings. The van der Waals surface area contributed by atoms with Gasteiger partial charge in [-0.15, -0.1) is 10.2 Å². The van der Waals surface area contributed by atoms with Gasteiger partial charge in [-0.05, 0) is 11.5 Å². The van der Waals surface area contributed by atoms with E-state index in [1.807, 2.05) is 69.6 Å². The maximum absolute atomic E-state index is 13.3. The molecule has 0 aliphatic heterocycles. The van der Waals surface area contributed by atoms with Crippen molar-refractivity contribution in [1.29, 1.82) is 0 Å². The van der Waals surface area contributed by atoms with E-state index >= 15 is 0 Å². The summed E-state index contributed by atoms with van der Waals surface area (Å²) in [7, 11) is 1.86. The number of aromatic amines is 1. The maximum atomic E-state index is 13.3. The lowest BCUT2D eigenvalue weighted by Gasteiger charge is -2.26. The van der Waals surface area contributed by atoms with E-state index in [-0.39, 0.29) is 48.1 Å². The zero-order valence-electron chi connectivity index (χ0n) is 20.1. The van der Waals surface area contributed by atoms with Gasteiger partial charge in [0.05, 0.1) is 12.3 Å². The van der Waals surface area contributed by atoms with Crippen molar-refractivity contribution in [3.63, 3.8) is 0 Å². The topological polar surface area (TPSA) is 132 Å². The Bertz CT molecular complexity index is 1260. The summed E-state index contributed by atoms with van der Waals surface area (Å²) in [6, 6.07) is 9.29. The van der Waals surface area contributed by atoms with Crippen LogP contribution in [0.25, 0.3) is 0 Å². The van der Waals surface area contributed by atoms with Gasteiger partial charge in [0.1, 0.15) is 11.6 Å². The van der Waals surface area contributed by atoms with E-state index in [1.165, 1.54) is 21.2 Å². The molecule has 0 bridgehead atoms. The number of amides is 1. The van der Waals surface area contributed by atoms with Gasteiger partial charge in [0.15, 0.2) is 10.8 Å². The SMILES string of the molecule is CC(C)CN(C(=O)CSc1nnc(C(C)C)n1C)c1c(N)n(Cc2ccccc2)c(=O)[nH]c1=O. The highest BCUT2D eigenvalue weighted by molar-refractivity contribution is 7.99. The molecule has 0 aliphatic carbocycles. The van der Waals surface area contributed by atoms with Crippen LogP contribution in [0, 0.1) is 5.92 Å². The first kappa shape index (κ1) is 25.3. The molecule has 1 amide bonds. The third-order valence-electron chi connectivity index (χ3n) is 5.23. The number of nitrogens with two attached hydrogens (primary N) is 1. The number of carbonyl (C=O) groups is 1. The Balaban J connectivity index is 1.94. The monoisotopic (exact) mass is 485 g/mol. The molecule has 34 heavy (non-hydrogen) atoms. The van der Waals surface area contributed by atoms with Gasteiger partial charge in [-0.3, -0.25) is 19.1 Å². The van der Waals surface area contributed by atoms with E-state index in [0.29, 0.717) is 5.16 Å². The van der Waals surface area contributed by atoms with Crippen molar-refractivity contribution < 1.29 is 4.79 Å². The summed E-state index contributed by atoms with van der Waals surface area (Å²) in [5.41, 5.74) is 5.84. The van der Waals surface area contributed by atoms with Gasteiger partial charge in [0, 0.05) is 19.5 Å². The lowest BCUT2D eigenvalue weighted by Crippen LogP contribution is -2.43. The number of aromatic nitrogens is 5. The minimum absolute atomic E-state index is 0.0179. The predicted octanol–water partition coefficient (Wildman–Crippen LogP) is 2.20. The summed E-state index contributed by atoms with van der Waals surface area (Å²) >= 11 is 1.24. The van der Waals surface area contributed by atoms with Crippen molar-refractivity contribution in [2.75, 3.05) is 22.9 Å². The Morgan fingerprint density at radius 2 is 1.82 bits per heavy atom. The Kier molecular flexibility index (Phi) is 7.98. The molecule has 10 nitrogen and oxygen atoms in total. The minimum atomic E-state index is -0.688. The fourth-order valence-electron chi connectivity index (χ4n) is 3.60. The molecule has 0 saturated carbocycles. The Hall–Kier alpha value is -3.34. The molecule has 2 aromatic heterocycles. The number of benzene rings is 1. The second-order valence-electron chi connectivity index (χ2n) is 8.81. The van der Waals surface area contributed by atoms with Gasteiger partial charge in [0.2, 0.25) is 5.91 Å². The summed E-state index contributed by atoms with van der Waals surface area (Å²) in [5.74, 6) is 0.761. The number of nitrogen functional groups attached to an aromatic ring is 1. The number of nitrogens with one attached hydrogen (secondary N) is 1. The average molecular weight is 486 g/mol. The van der Waals surface area contributed by atoms with Gasteiger partial charge in [-0.1, -0.05) is 69.8 Å². The molecule has 0 unspecified atom stereocenters. The number of anilines is 2. The van der Waals surface area contributed by atoms with Crippen LogP contribution in [0.5, 0.6) is 0 Å². The molecular weight excluding hydrogens is 454 g/mol. The number of rotatable bonds is 9. The zero-order chi connectivity index (χ0) is 25.0. The third kappa shape index (κ3) is 5.58. The lowest BCUT2D eigenvalue weighted by molar-refractivity contribution is -0.116. The van der Waals surface area contributed by atoms with Gasteiger partial charge in [0.25, 0.3) is 5.56 Å². The summed E-state index contributed by atoms with van der Waals surface area (Å²) in [5, 5.41) is 8.97. The molecule has 0 atom stereocenters. The largest absolute Gasteiger partial charge is 0.383 e. The highest BCUT2D eigenvalue weighted by atomic mass is 32.2. The van der Waals surface area contributed by atoms with E-state index in [4.69, 9.17) is 5.73 Å². The molecule has 0 aliphatic rings. The van der Waals surface area contributed by atoms with Crippen molar-refractivity contribution in [3.05, 3.63) is 62.6 Å². The molecule has 0 saturated heterocycles. The minimum Gasteiger partial charge on any atom is -0.383 e. The number of nitrogens with zero attached hydrogens (tertiary/aromatic N) is 5. The van der Waals surface area contributed by atoms with Crippen LogP contribution in [0.3, 0.4) is 0 Å². The molecule has 0 radical (unpaired) electrons. The first-order valence-electron chi connectivity index (χ1n) is 11.1. The van der Waals surface area contributed by atoms with E-state index in [2.05, 4.69) is 15.2 Å². The fraction of sp³-hybridized carbons (Fsp3) is 0.435. The van der Waals surface area contributed by atoms with E-state index < -0.39 is 11.2 Å². The molecule has 0 fully saturated rings. The van der Waals surface area contributed by atoms with Crippen molar-refractivity contribution in [2.45, 2.75) is 45.3 Å². The summed E-state index contributed by atoms with van der Waals surface area (Å²) < 4.78 is 3.13. The first-order valence-corrected chi connectivity index (χ1v) is 12.1. The Morgan fingerprint density at radius 1 is 1.15 bits per heavy atom. The standard InChI is InChI=1S/C23H31N7O3S/c1-14(2)11-29(17(31)13-34-23-27-26-20(15(3)4)28(23)5)18-19(24)30(22(33)25-21(18)32)12-16-9-7-6-8-10-16/h6-10,14-15H,11-13,24H2,1-5H3,(H,25,32,33). The first-order chi connectivity index (χ1) is 16.1. The van der Waals surface area contributed by atoms with E-state index in [0.717, 1.165) is 11.4 Å². The number of thioether (sulfide) groups is 1. The van der Waals surface area contributed by atoms with Crippen LogP contribution in [0.2, 0.25) is 0 Å². The van der Waals surface area contributed by atoms with Gasteiger partial charge < -0.3 is 15.2 Å². The Morgan fingerprint density at radius 3 is 2.41 bits per heavy atom. The summed E-state index contributed by atoms with van der Waals surface area (Å²) in [6.45, 7) is 8.36. The van der Waals surface area contributed by atoms with Crippen LogP contribution >= 0.6 is 11.8 Å². The molecule has 3 N–H and O–H groups in total. The van der Waals surface area contributed by atoms with E-state index in [1.54, 1.807) is 0 Å². The summed E-state index contributed by atoms with van der Waals surface area (Å²) in [4.78, 5) is 42.4. The Labute approximate surface area is 202 Å². The molecule has 3 rings (SSSR count). The van der Waals surface area contributed by atoms with Crippen molar-refractivity contribution in [2.24, 2.45) is 13.0 Å². The van der Waals surface area contributed by atoms with Gasteiger partial charge in [-0.2, -0.15) is 0 Å². The number of hydrogen-bond acceptors (Lipinski definition) is 7. The number of hydrogen-bond donors (Lipinski definition) is 2. The molecule has 0 spiro atoms. The van der Waals surface area contributed by atoms with Gasteiger partial charge in [-0.25, -0.2) is 4.79 Å². The molecule has 11 heteroatoms. The second kappa shape index (κ2) is 10.7. The molecule has 182 valence electrons. The van der Waals surface area contributed by atoms with Crippen LogP contribution in [0.1, 0.15) is 45.0 Å². The number of H-pyrrole nitrogens is 1. The number of carbonyl (C=O) groups excluding carboxylic acids is 1. The van der Waals surface area contributed by atoms with Crippen LogP contribution in [-0.4, -0.2) is 42.5 Å². The van der Waals surface area contributed by atoms with Crippen LogP contribution in [0.15, 0.2) is 45.1 Å². The lowest BCUT2D eigenvalue weighted by atomic mass is 10.2.